The summed E-state index contributed by atoms with van der Waals surface area (Å²) in [6.07, 6.45) is 1.65. The zero-order chi connectivity index (χ0) is 25.1. The van der Waals surface area contributed by atoms with Crippen molar-refractivity contribution in [3.8, 4) is 5.75 Å². The summed E-state index contributed by atoms with van der Waals surface area (Å²) in [5.74, 6) is 0.734. The molecule has 0 spiro atoms. The van der Waals surface area contributed by atoms with Crippen LogP contribution in [0.4, 0.5) is 5.69 Å². The molecule has 6 nitrogen and oxygen atoms in total. The highest BCUT2D eigenvalue weighted by atomic mass is 32.2. The largest absolute Gasteiger partial charge is 0.494 e. The standard InChI is InChI=1S/C29H31N3O3S/c1-3-35-24-11-14-27-26(19-24)29(28(20-30-27)36(33,34)25-12-9-22(2)10-13-25)32-17-15-31(16-18-32)21-23-7-5-4-6-8-23/h4-14,19-20H,3,15-18,21H2,1-2H3/p+2. The van der Waals surface area contributed by atoms with Crippen molar-refractivity contribution in [3.63, 3.8) is 0 Å². The number of hydrogen-bond donors (Lipinski definition) is 1. The maximum atomic E-state index is 13.9. The number of rotatable bonds is 7. The Morgan fingerprint density at radius 1 is 0.972 bits per heavy atom. The maximum Gasteiger partial charge on any atom is 0.214 e. The van der Waals surface area contributed by atoms with Crippen LogP contribution in [0.25, 0.3) is 10.9 Å². The quantitative estimate of drug-likeness (QED) is 0.421. The number of sulfone groups is 1. The number of benzene rings is 3. The van der Waals surface area contributed by atoms with Crippen molar-refractivity contribution in [2.45, 2.75) is 30.2 Å². The van der Waals surface area contributed by atoms with Crippen LogP contribution in [-0.2, 0) is 16.4 Å². The van der Waals surface area contributed by atoms with E-state index in [2.05, 4.69) is 34.1 Å². The summed E-state index contributed by atoms with van der Waals surface area (Å²) in [6.45, 7) is 8.85. The number of anilines is 1. The molecule has 2 N–H and O–H groups in total. The number of aryl methyl sites for hydroxylation is 1. The molecule has 0 amide bonds. The summed E-state index contributed by atoms with van der Waals surface area (Å²) < 4.78 is 33.5. The highest BCUT2D eigenvalue weighted by molar-refractivity contribution is 7.91. The van der Waals surface area contributed by atoms with E-state index in [4.69, 9.17) is 4.74 Å². The zero-order valence-corrected chi connectivity index (χ0v) is 21.6. The molecule has 0 saturated carbocycles. The normalized spacial score (nSPS) is 14.8. The fourth-order valence-electron chi connectivity index (χ4n) is 4.93. The van der Waals surface area contributed by atoms with Crippen LogP contribution >= 0.6 is 0 Å². The van der Waals surface area contributed by atoms with Crippen molar-refractivity contribution in [2.24, 2.45) is 0 Å². The smallest absolute Gasteiger partial charge is 0.214 e. The number of piperazine rings is 1. The van der Waals surface area contributed by atoms with E-state index in [-0.39, 0.29) is 0 Å². The Labute approximate surface area is 213 Å². The van der Waals surface area contributed by atoms with Gasteiger partial charge in [0.05, 0.1) is 48.8 Å². The number of ether oxygens (including phenoxy) is 1. The van der Waals surface area contributed by atoms with Crippen molar-refractivity contribution in [1.82, 2.24) is 0 Å². The average molecular weight is 504 g/mol. The molecule has 0 radical (unpaired) electrons. The van der Waals surface area contributed by atoms with Crippen LogP contribution < -0.4 is 19.5 Å². The van der Waals surface area contributed by atoms with Gasteiger partial charge in [-0.05, 0) is 38.1 Å². The van der Waals surface area contributed by atoms with Gasteiger partial charge in [-0.3, -0.25) is 0 Å². The van der Waals surface area contributed by atoms with Gasteiger partial charge in [-0.2, -0.15) is 0 Å². The van der Waals surface area contributed by atoms with Crippen molar-refractivity contribution in [1.29, 1.82) is 0 Å². The molecule has 7 heteroatoms. The van der Waals surface area contributed by atoms with Gasteiger partial charge in [0.15, 0.2) is 11.1 Å². The van der Waals surface area contributed by atoms with Crippen LogP contribution in [0.1, 0.15) is 18.1 Å². The van der Waals surface area contributed by atoms with Crippen molar-refractivity contribution >= 4 is 26.4 Å². The second-order valence-corrected chi connectivity index (χ2v) is 11.3. The Hall–Kier alpha value is -3.42. The molecule has 186 valence electrons. The van der Waals surface area contributed by atoms with Crippen LogP contribution in [0.2, 0.25) is 0 Å². The van der Waals surface area contributed by atoms with E-state index >= 15 is 0 Å². The summed E-state index contributed by atoms with van der Waals surface area (Å²) in [7, 11) is -3.73. The molecule has 0 bridgehead atoms. The minimum absolute atomic E-state index is 0.302. The fraction of sp³-hybridized carbons (Fsp3) is 0.276. The Balaban J connectivity index is 1.55. The number of hydrogen-bond acceptors (Lipinski definition) is 4. The number of nitrogens with zero attached hydrogens (tertiary/aromatic N) is 1. The van der Waals surface area contributed by atoms with Crippen molar-refractivity contribution in [2.75, 3.05) is 37.7 Å². The van der Waals surface area contributed by atoms with Crippen LogP contribution in [0.5, 0.6) is 5.75 Å². The van der Waals surface area contributed by atoms with Gasteiger partial charge in [0, 0.05) is 11.6 Å². The highest BCUT2D eigenvalue weighted by Gasteiger charge is 2.32. The Morgan fingerprint density at radius 3 is 2.39 bits per heavy atom. The lowest BCUT2D eigenvalue weighted by Gasteiger charge is -2.34. The molecule has 4 aromatic rings. The monoisotopic (exact) mass is 503 g/mol. The Bertz CT molecular complexity index is 1450. The molecule has 3 aromatic carbocycles. The number of nitrogens with one attached hydrogen (secondary N) is 2. The van der Waals surface area contributed by atoms with Crippen LogP contribution in [0.3, 0.4) is 0 Å². The van der Waals surface area contributed by atoms with Crippen LogP contribution in [-0.4, -0.2) is 41.2 Å². The van der Waals surface area contributed by atoms with E-state index in [0.29, 0.717) is 16.4 Å². The number of aromatic amines is 1. The molecule has 1 fully saturated rings. The lowest BCUT2D eigenvalue weighted by molar-refractivity contribution is -0.914. The minimum Gasteiger partial charge on any atom is -0.494 e. The SMILES string of the molecule is CCOc1ccc2[nH+]cc(S(=O)(=O)c3ccc(C)cc3)c(N3CC[NH+](Cc4ccccc4)CC3)c2c1. The first-order valence-electron chi connectivity index (χ1n) is 12.5. The molecule has 1 saturated heterocycles. The molecule has 36 heavy (non-hydrogen) atoms. The lowest BCUT2D eigenvalue weighted by Crippen LogP contribution is -3.13. The molecular formula is C29H33N3O3S+2. The van der Waals surface area contributed by atoms with Gasteiger partial charge in [0.25, 0.3) is 0 Å². The van der Waals surface area contributed by atoms with E-state index in [0.717, 1.165) is 60.6 Å². The van der Waals surface area contributed by atoms with Gasteiger partial charge in [-0.1, -0.05) is 48.0 Å². The van der Waals surface area contributed by atoms with Gasteiger partial charge in [0.1, 0.15) is 12.3 Å². The Kier molecular flexibility index (Phi) is 6.94. The average Bonchev–Trinajstić information content (AvgIpc) is 2.89. The molecule has 0 aliphatic carbocycles. The fourth-order valence-corrected chi connectivity index (χ4v) is 6.39. The van der Waals surface area contributed by atoms with E-state index < -0.39 is 9.84 Å². The molecule has 1 aliphatic heterocycles. The number of aromatic nitrogens is 1. The first-order valence-corrected chi connectivity index (χ1v) is 14.0. The van der Waals surface area contributed by atoms with Crippen molar-refractivity contribution in [3.05, 3.63) is 90.1 Å². The predicted octanol–water partition coefficient (Wildman–Crippen LogP) is 3.10. The lowest BCUT2D eigenvalue weighted by atomic mass is 10.1. The van der Waals surface area contributed by atoms with Crippen LogP contribution in [0, 0.1) is 6.92 Å². The summed E-state index contributed by atoms with van der Waals surface area (Å²) in [5, 5.41) is 0.862. The van der Waals surface area contributed by atoms with Gasteiger partial charge >= 0.3 is 0 Å². The van der Waals surface area contributed by atoms with E-state index in [1.54, 1.807) is 18.3 Å². The summed E-state index contributed by atoms with van der Waals surface area (Å²) in [5.41, 5.74) is 3.99. The number of H-pyrrole nitrogens is 1. The maximum absolute atomic E-state index is 13.9. The topological polar surface area (TPSA) is 65.2 Å². The molecule has 2 heterocycles. The first-order chi connectivity index (χ1) is 17.5. The number of pyridine rings is 1. The van der Waals surface area contributed by atoms with E-state index in [1.165, 1.54) is 10.5 Å². The van der Waals surface area contributed by atoms with Gasteiger partial charge < -0.3 is 14.5 Å². The molecule has 5 rings (SSSR count). The second kappa shape index (κ2) is 10.3. The third kappa shape index (κ3) is 4.94. The molecule has 1 aromatic heterocycles. The molecule has 0 unspecified atom stereocenters. The zero-order valence-electron chi connectivity index (χ0n) is 20.8. The first kappa shape index (κ1) is 24.3. The third-order valence-electron chi connectivity index (χ3n) is 6.85. The summed E-state index contributed by atoms with van der Waals surface area (Å²) in [4.78, 5) is 7.58. The predicted molar refractivity (Wildman–Crippen MR) is 141 cm³/mol. The third-order valence-corrected chi connectivity index (χ3v) is 8.64. The van der Waals surface area contributed by atoms with Gasteiger partial charge in [-0.15, -0.1) is 0 Å². The van der Waals surface area contributed by atoms with Crippen LogP contribution in [0.15, 0.2) is 88.8 Å². The number of fused-ring (bicyclic) bond motifs is 1. The number of quaternary nitrogens is 1. The molecular weight excluding hydrogens is 470 g/mol. The van der Waals surface area contributed by atoms with E-state index in [1.807, 2.05) is 50.2 Å². The summed E-state index contributed by atoms with van der Waals surface area (Å²) >= 11 is 0. The summed E-state index contributed by atoms with van der Waals surface area (Å²) in [6, 6.07) is 23.4. The van der Waals surface area contributed by atoms with Gasteiger partial charge in [0.2, 0.25) is 15.4 Å². The second-order valence-electron chi connectivity index (χ2n) is 9.36. The van der Waals surface area contributed by atoms with Gasteiger partial charge in [-0.25, -0.2) is 13.4 Å². The highest BCUT2D eigenvalue weighted by Crippen LogP contribution is 2.36. The molecule has 1 aliphatic rings. The minimum atomic E-state index is -3.73. The van der Waals surface area contributed by atoms with Crippen molar-refractivity contribution < 1.29 is 23.0 Å². The van der Waals surface area contributed by atoms with E-state index in [9.17, 15) is 8.42 Å². The Morgan fingerprint density at radius 2 is 1.69 bits per heavy atom. The molecule has 0 atom stereocenters.